The molecule has 1 unspecified atom stereocenters. The molecule has 208 valence electrons. The Kier molecular flexibility index (Phi) is 8.43. The standard InChI is InChI=1S/C28H31FN2O7S/c1-17-10-25-18(11-19(17)16-33)6-7-31(25)28(34)27(24-5-4-20(29)12-26(24)38-9-8-32)30-21-13-22(37-2)15-23(14-21)39(3,35)36/h4-5,10-15,27,30,32-33H,6-9,16H2,1-3H3. The number of amides is 1. The van der Waals surface area contributed by atoms with Gasteiger partial charge in [-0.2, -0.15) is 0 Å². The van der Waals surface area contributed by atoms with Gasteiger partial charge in [-0.1, -0.05) is 6.07 Å². The number of rotatable bonds is 10. The van der Waals surface area contributed by atoms with E-state index >= 15 is 0 Å². The van der Waals surface area contributed by atoms with Crippen LogP contribution in [0.25, 0.3) is 0 Å². The third-order valence-corrected chi connectivity index (χ3v) is 7.70. The maximum Gasteiger partial charge on any atom is 0.254 e. The summed E-state index contributed by atoms with van der Waals surface area (Å²) in [4.78, 5) is 15.8. The molecule has 1 amide bonds. The van der Waals surface area contributed by atoms with Crippen molar-refractivity contribution in [2.75, 3.05) is 43.3 Å². The van der Waals surface area contributed by atoms with Crippen LogP contribution in [-0.2, 0) is 27.7 Å². The van der Waals surface area contributed by atoms with Crippen LogP contribution >= 0.6 is 0 Å². The molecule has 0 aliphatic carbocycles. The van der Waals surface area contributed by atoms with E-state index < -0.39 is 21.7 Å². The predicted octanol–water partition coefficient (Wildman–Crippen LogP) is 3.15. The third kappa shape index (κ3) is 6.16. The molecular weight excluding hydrogens is 527 g/mol. The molecular formula is C28H31FN2O7S. The van der Waals surface area contributed by atoms with E-state index in [-0.39, 0.29) is 47.8 Å². The SMILES string of the molecule is COc1cc(NC(C(=O)N2CCc3cc(CO)c(C)cc32)c2ccc(F)cc2OCCO)cc(S(C)(=O)=O)c1. The van der Waals surface area contributed by atoms with Gasteiger partial charge in [0.25, 0.3) is 5.91 Å². The number of aliphatic hydroxyl groups is 2. The quantitative estimate of drug-likeness (QED) is 0.347. The van der Waals surface area contributed by atoms with Gasteiger partial charge in [0.05, 0.1) is 25.2 Å². The van der Waals surface area contributed by atoms with Gasteiger partial charge in [0.15, 0.2) is 9.84 Å². The van der Waals surface area contributed by atoms with Gasteiger partial charge in [-0.3, -0.25) is 4.79 Å². The molecule has 0 radical (unpaired) electrons. The lowest BCUT2D eigenvalue weighted by molar-refractivity contribution is -0.119. The summed E-state index contributed by atoms with van der Waals surface area (Å²) >= 11 is 0. The summed E-state index contributed by atoms with van der Waals surface area (Å²) < 4.78 is 49.7. The molecule has 3 aromatic rings. The number of nitrogens with one attached hydrogen (secondary N) is 1. The molecule has 39 heavy (non-hydrogen) atoms. The zero-order valence-corrected chi connectivity index (χ0v) is 22.7. The first-order valence-electron chi connectivity index (χ1n) is 12.3. The van der Waals surface area contributed by atoms with Crippen molar-refractivity contribution in [3.63, 3.8) is 0 Å². The van der Waals surface area contributed by atoms with Gasteiger partial charge in [-0.05, 0) is 60.4 Å². The molecule has 4 rings (SSSR count). The fourth-order valence-corrected chi connectivity index (χ4v) is 5.27. The Morgan fingerprint density at radius 2 is 1.92 bits per heavy atom. The lowest BCUT2D eigenvalue weighted by atomic mass is 10.0. The Bertz CT molecular complexity index is 1490. The average Bonchev–Trinajstić information content (AvgIpc) is 3.31. The molecule has 1 aliphatic rings. The maximum absolute atomic E-state index is 14.2. The van der Waals surface area contributed by atoms with Gasteiger partial charge in [0.1, 0.15) is 30.0 Å². The smallest absolute Gasteiger partial charge is 0.254 e. The second-order valence-electron chi connectivity index (χ2n) is 9.31. The van der Waals surface area contributed by atoms with Crippen molar-refractivity contribution in [1.29, 1.82) is 0 Å². The molecule has 0 saturated carbocycles. The van der Waals surface area contributed by atoms with Crippen LogP contribution in [0.2, 0.25) is 0 Å². The minimum absolute atomic E-state index is 0.00918. The van der Waals surface area contributed by atoms with Crippen LogP contribution in [0, 0.1) is 12.7 Å². The van der Waals surface area contributed by atoms with Gasteiger partial charge < -0.3 is 29.9 Å². The first kappa shape index (κ1) is 28.3. The molecule has 0 bridgehead atoms. The second-order valence-corrected chi connectivity index (χ2v) is 11.3. The Labute approximate surface area is 226 Å². The highest BCUT2D eigenvalue weighted by molar-refractivity contribution is 7.90. The van der Waals surface area contributed by atoms with Crippen LogP contribution in [0.3, 0.4) is 0 Å². The van der Waals surface area contributed by atoms with Crippen molar-refractivity contribution < 1.29 is 37.3 Å². The predicted molar refractivity (Wildman–Crippen MR) is 145 cm³/mol. The topological polar surface area (TPSA) is 125 Å². The Hall–Kier alpha value is -3.67. The largest absolute Gasteiger partial charge is 0.497 e. The summed E-state index contributed by atoms with van der Waals surface area (Å²) in [6.45, 7) is 1.68. The van der Waals surface area contributed by atoms with Crippen molar-refractivity contribution >= 4 is 27.1 Å². The van der Waals surface area contributed by atoms with E-state index in [0.717, 1.165) is 29.0 Å². The van der Waals surface area contributed by atoms with Crippen LogP contribution in [0.15, 0.2) is 53.4 Å². The molecule has 9 nitrogen and oxygen atoms in total. The van der Waals surface area contributed by atoms with Crippen molar-refractivity contribution in [1.82, 2.24) is 0 Å². The molecule has 0 aromatic heterocycles. The first-order valence-corrected chi connectivity index (χ1v) is 14.2. The van der Waals surface area contributed by atoms with Crippen LogP contribution in [0.1, 0.15) is 28.3 Å². The number of aliphatic hydroxyl groups excluding tert-OH is 2. The molecule has 3 aromatic carbocycles. The van der Waals surface area contributed by atoms with E-state index in [0.29, 0.717) is 24.2 Å². The first-order chi connectivity index (χ1) is 18.5. The minimum Gasteiger partial charge on any atom is -0.497 e. The number of carbonyl (C=O) groups is 1. The van der Waals surface area contributed by atoms with Gasteiger partial charge in [0, 0.05) is 41.9 Å². The number of hydrogen-bond donors (Lipinski definition) is 3. The highest BCUT2D eigenvalue weighted by Crippen LogP contribution is 2.37. The van der Waals surface area contributed by atoms with E-state index in [1.807, 2.05) is 19.1 Å². The van der Waals surface area contributed by atoms with Gasteiger partial charge in [0.2, 0.25) is 0 Å². The monoisotopic (exact) mass is 558 g/mol. The normalized spacial score (nSPS) is 13.6. The summed E-state index contributed by atoms with van der Waals surface area (Å²) in [7, 11) is -2.21. The molecule has 0 fully saturated rings. The summed E-state index contributed by atoms with van der Waals surface area (Å²) in [5.41, 5.74) is 3.81. The Morgan fingerprint density at radius 1 is 1.15 bits per heavy atom. The summed E-state index contributed by atoms with van der Waals surface area (Å²) in [6, 6.07) is 10.7. The molecule has 11 heteroatoms. The zero-order valence-electron chi connectivity index (χ0n) is 21.9. The van der Waals surface area contributed by atoms with E-state index in [4.69, 9.17) is 9.47 Å². The number of halogens is 1. The number of anilines is 2. The van der Waals surface area contributed by atoms with Crippen molar-refractivity contribution in [2.45, 2.75) is 30.9 Å². The molecule has 1 heterocycles. The van der Waals surface area contributed by atoms with Crippen molar-refractivity contribution in [3.8, 4) is 11.5 Å². The number of benzene rings is 3. The minimum atomic E-state index is -3.61. The van der Waals surface area contributed by atoms with Crippen molar-refractivity contribution in [2.24, 2.45) is 0 Å². The highest BCUT2D eigenvalue weighted by atomic mass is 32.2. The molecule has 1 atom stereocenters. The van der Waals surface area contributed by atoms with E-state index in [2.05, 4.69) is 5.32 Å². The summed E-state index contributed by atoms with van der Waals surface area (Å²) in [5.74, 6) is -0.639. The highest BCUT2D eigenvalue weighted by Gasteiger charge is 2.34. The van der Waals surface area contributed by atoms with Crippen LogP contribution in [0.4, 0.5) is 15.8 Å². The Balaban J connectivity index is 1.83. The molecule has 1 aliphatic heterocycles. The summed E-state index contributed by atoms with van der Waals surface area (Å²) in [5, 5.41) is 22.1. The number of sulfone groups is 1. The number of aryl methyl sites for hydroxylation is 1. The Morgan fingerprint density at radius 3 is 2.59 bits per heavy atom. The number of ether oxygens (including phenoxy) is 2. The lowest BCUT2D eigenvalue weighted by Crippen LogP contribution is -2.37. The molecule has 3 N–H and O–H groups in total. The number of methoxy groups -OCH3 is 1. The van der Waals surface area contributed by atoms with Gasteiger partial charge >= 0.3 is 0 Å². The number of fused-ring (bicyclic) bond motifs is 1. The summed E-state index contributed by atoms with van der Waals surface area (Å²) in [6.07, 6.45) is 1.65. The van der Waals surface area contributed by atoms with E-state index in [9.17, 15) is 27.8 Å². The van der Waals surface area contributed by atoms with Gasteiger partial charge in [-0.25, -0.2) is 12.8 Å². The van der Waals surface area contributed by atoms with Crippen LogP contribution < -0.4 is 19.7 Å². The number of hydrogen-bond acceptors (Lipinski definition) is 8. The van der Waals surface area contributed by atoms with Crippen molar-refractivity contribution in [3.05, 3.63) is 76.6 Å². The van der Waals surface area contributed by atoms with Gasteiger partial charge in [-0.15, -0.1) is 0 Å². The fourth-order valence-electron chi connectivity index (χ4n) is 4.60. The third-order valence-electron chi connectivity index (χ3n) is 6.61. The molecule has 0 saturated heterocycles. The fraction of sp³-hybridized carbons (Fsp3) is 0.321. The maximum atomic E-state index is 14.2. The van der Waals surface area contributed by atoms with Crippen LogP contribution in [0.5, 0.6) is 11.5 Å². The van der Waals surface area contributed by atoms with Crippen LogP contribution in [-0.4, -0.2) is 57.7 Å². The average molecular weight is 559 g/mol. The van der Waals surface area contributed by atoms with E-state index in [1.165, 1.54) is 31.4 Å². The lowest BCUT2D eigenvalue weighted by Gasteiger charge is -2.28. The zero-order chi connectivity index (χ0) is 28.3. The molecule has 0 spiro atoms. The van der Waals surface area contributed by atoms with E-state index in [1.54, 1.807) is 11.0 Å². The second kappa shape index (κ2) is 11.6. The number of nitrogens with zero attached hydrogens (tertiary/aromatic N) is 1. The number of carbonyl (C=O) groups excluding carboxylic acids is 1.